The highest BCUT2D eigenvalue weighted by Gasteiger charge is 2.28. The van der Waals surface area contributed by atoms with Crippen LogP contribution in [0.15, 0.2) is 40.3 Å². The molecule has 0 bridgehead atoms. The predicted octanol–water partition coefficient (Wildman–Crippen LogP) is 3.24. The molecule has 0 aliphatic carbocycles. The van der Waals surface area contributed by atoms with Crippen LogP contribution in [0.5, 0.6) is 0 Å². The van der Waals surface area contributed by atoms with E-state index in [1.807, 2.05) is 11.8 Å². The van der Waals surface area contributed by atoms with Crippen molar-refractivity contribution in [2.24, 2.45) is 5.92 Å². The Labute approximate surface area is 155 Å². The van der Waals surface area contributed by atoms with E-state index in [1.165, 1.54) is 11.1 Å². The van der Waals surface area contributed by atoms with Crippen molar-refractivity contribution < 1.29 is 14.0 Å². The third-order valence-corrected chi connectivity index (χ3v) is 6.32. The number of hydrogen-bond donors (Lipinski definition) is 1. The highest BCUT2D eigenvalue weighted by Crippen LogP contribution is 2.20. The van der Waals surface area contributed by atoms with E-state index in [0.717, 1.165) is 11.5 Å². The van der Waals surface area contributed by atoms with Crippen molar-refractivity contribution in [3.05, 3.63) is 46.5 Å². The Morgan fingerprint density at radius 3 is 2.80 bits per heavy atom. The molecular formula is C18H22N2O3S2. The third-order valence-electron chi connectivity index (χ3n) is 4.25. The van der Waals surface area contributed by atoms with Gasteiger partial charge in [0.2, 0.25) is 5.91 Å². The monoisotopic (exact) mass is 378 g/mol. The molecule has 2 aromatic heterocycles. The van der Waals surface area contributed by atoms with Crippen LogP contribution >= 0.6 is 23.1 Å². The number of amides is 2. The fourth-order valence-electron chi connectivity index (χ4n) is 2.86. The summed E-state index contributed by atoms with van der Waals surface area (Å²) >= 11 is 3.60. The van der Waals surface area contributed by atoms with Crippen LogP contribution in [0.2, 0.25) is 0 Å². The summed E-state index contributed by atoms with van der Waals surface area (Å²) in [6.45, 7) is 1.90. The molecular weight excluding hydrogens is 356 g/mol. The van der Waals surface area contributed by atoms with E-state index in [1.54, 1.807) is 28.4 Å². The molecule has 134 valence electrons. The number of furan rings is 1. The number of carbonyl (C=O) groups is 2. The predicted molar refractivity (Wildman–Crippen MR) is 101 cm³/mol. The minimum Gasteiger partial charge on any atom is -0.459 e. The van der Waals surface area contributed by atoms with Crippen LogP contribution < -0.4 is 5.32 Å². The zero-order valence-electron chi connectivity index (χ0n) is 14.0. The van der Waals surface area contributed by atoms with Crippen molar-refractivity contribution in [2.45, 2.75) is 18.6 Å². The smallest absolute Gasteiger partial charge is 0.289 e. The second kappa shape index (κ2) is 9.10. The normalized spacial score (nSPS) is 15.3. The van der Waals surface area contributed by atoms with Gasteiger partial charge < -0.3 is 14.6 Å². The molecule has 0 aromatic carbocycles. The summed E-state index contributed by atoms with van der Waals surface area (Å²) in [6, 6.07) is 7.58. The molecule has 0 spiro atoms. The Morgan fingerprint density at radius 1 is 1.28 bits per heavy atom. The third kappa shape index (κ3) is 5.12. The number of piperidine rings is 1. The van der Waals surface area contributed by atoms with Gasteiger partial charge in [0.25, 0.3) is 5.91 Å². The van der Waals surface area contributed by atoms with E-state index in [4.69, 9.17) is 4.42 Å². The highest BCUT2D eigenvalue weighted by atomic mass is 32.2. The Bertz CT molecular complexity index is 663. The highest BCUT2D eigenvalue weighted by molar-refractivity contribution is 7.98. The van der Waals surface area contributed by atoms with Crippen molar-refractivity contribution in [3.8, 4) is 0 Å². The Morgan fingerprint density at radius 2 is 2.12 bits per heavy atom. The number of thiophene rings is 1. The first-order chi connectivity index (χ1) is 12.2. The molecule has 0 unspecified atom stereocenters. The van der Waals surface area contributed by atoms with Crippen LogP contribution in [0, 0.1) is 5.92 Å². The zero-order valence-corrected chi connectivity index (χ0v) is 15.6. The average Bonchev–Trinajstić information content (AvgIpc) is 3.34. The minimum atomic E-state index is -0.0890. The van der Waals surface area contributed by atoms with E-state index in [2.05, 4.69) is 22.8 Å². The number of thioether (sulfide) groups is 1. The van der Waals surface area contributed by atoms with Gasteiger partial charge in [0.15, 0.2) is 5.76 Å². The van der Waals surface area contributed by atoms with Crippen molar-refractivity contribution in [1.82, 2.24) is 10.2 Å². The van der Waals surface area contributed by atoms with Gasteiger partial charge in [-0.2, -0.15) is 11.8 Å². The molecule has 3 rings (SSSR count). The van der Waals surface area contributed by atoms with Gasteiger partial charge in [0.1, 0.15) is 0 Å². The molecule has 1 aliphatic rings. The summed E-state index contributed by atoms with van der Waals surface area (Å²) in [5.41, 5.74) is 0. The standard InChI is InChI=1S/C18H22N2O3S2/c21-17(19-7-12-24-13-15-3-2-11-25-15)14-5-8-20(9-6-14)18(22)16-4-1-10-23-16/h1-4,10-11,14H,5-9,12-13H2,(H,19,21). The second-order valence-corrected chi connectivity index (χ2v) is 8.10. The first-order valence-corrected chi connectivity index (χ1v) is 10.5. The van der Waals surface area contributed by atoms with E-state index in [-0.39, 0.29) is 17.7 Å². The van der Waals surface area contributed by atoms with E-state index >= 15 is 0 Å². The number of nitrogens with one attached hydrogen (secondary N) is 1. The number of rotatable bonds is 7. The van der Waals surface area contributed by atoms with Gasteiger partial charge in [-0.05, 0) is 36.4 Å². The van der Waals surface area contributed by atoms with Crippen LogP contribution in [0.25, 0.3) is 0 Å². The minimum absolute atomic E-state index is 0.00273. The summed E-state index contributed by atoms with van der Waals surface area (Å²) in [7, 11) is 0. The first-order valence-electron chi connectivity index (χ1n) is 8.44. The molecule has 2 aromatic rings. The molecule has 0 radical (unpaired) electrons. The number of nitrogens with zero attached hydrogens (tertiary/aromatic N) is 1. The molecule has 1 fully saturated rings. The van der Waals surface area contributed by atoms with Crippen molar-refractivity contribution in [2.75, 3.05) is 25.4 Å². The first kappa shape index (κ1) is 18.1. The van der Waals surface area contributed by atoms with E-state index < -0.39 is 0 Å². The molecule has 0 saturated carbocycles. The fraction of sp³-hybridized carbons (Fsp3) is 0.444. The van der Waals surface area contributed by atoms with Crippen LogP contribution in [0.1, 0.15) is 28.3 Å². The maximum Gasteiger partial charge on any atom is 0.289 e. The lowest BCUT2D eigenvalue weighted by molar-refractivity contribution is -0.126. The molecule has 3 heterocycles. The van der Waals surface area contributed by atoms with E-state index in [9.17, 15) is 9.59 Å². The molecule has 25 heavy (non-hydrogen) atoms. The van der Waals surface area contributed by atoms with Gasteiger partial charge in [0, 0.05) is 41.9 Å². The van der Waals surface area contributed by atoms with Crippen molar-refractivity contribution in [1.29, 1.82) is 0 Å². The quantitative estimate of drug-likeness (QED) is 0.752. The lowest BCUT2D eigenvalue weighted by Crippen LogP contribution is -2.43. The van der Waals surface area contributed by atoms with Gasteiger partial charge in [-0.3, -0.25) is 9.59 Å². The summed E-state index contributed by atoms with van der Waals surface area (Å²) in [6.07, 6.45) is 2.92. The van der Waals surface area contributed by atoms with Crippen LogP contribution in [0.3, 0.4) is 0 Å². The molecule has 1 aliphatic heterocycles. The van der Waals surface area contributed by atoms with Crippen LogP contribution in [-0.2, 0) is 10.5 Å². The maximum atomic E-state index is 12.3. The number of likely N-dealkylation sites (tertiary alicyclic amines) is 1. The van der Waals surface area contributed by atoms with Gasteiger partial charge in [-0.1, -0.05) is 6.07 Å². The molecule has 1 saturated heterocycles. The molecule has 2 amide bonds. The Kier molecular flexibility index (Phi) is 6.58. The average molecular weight is 379 g/mol. The van der Waals surface area contributed by atoms with Crippen LogP contribution in [0.4, 0.5) is 0 Å². The summed E-state index contributed by atoms with van der Waals surface area (Å²) in [4.78, 5) is 27.6. The lowest BCUT2D eigenvalue weighted by Gasteiger charge is -2.30. The molecule has 0 atom stereocenters. The van der Waals surface area contributed by atoms with Crippen molar-refractivity contribution in [3.63, 3.8) is 0 Å². The SMILES string of the molecule is O=C(NCCSCc1cccs1)C1CCN(C(=O)c2ccco2)CC1. The summed E-state index contributed by atoms with van der Waals surface area (Å²) in [5.74, 6) is 2.31. The lowest BCUT2D eigenvalue weighted by atomic mass is 9.96. The Hall–Kier alpha value is -1.73. The summed E-state index contributed by atoms with van der Waals surface area (Å²) in [5, 5.41) is 5.11. The van der Waals surface area contributed by atoms with Gasteiger partial charge in [-0.25, -0.2) is 0 Å². The van der Waals surface area contributed by atoms with Gasteiger partial charge in [0.05, 0.1) is 6.26 Å². The molecule has 5 nitrogen and oxygen atoms in total. The Balaban J connectivity index is 1.32. The number of hydrogen-bond acceptors (Lipinski definition) is 5. The second-order valence-electron chi connectivity index (χ2n) is 5.97. The van der Waals surface area contributed by atoms with Crippen molar-refractivity contribution >= 4 is 34.9 Å². The fourth-order valence-corrected chi connectivity index (χ4v) is 4.56. The summed E-state index contributed by atoms with van der Waals surface area (Å²) < 4.78 is 5.15. The van der Waals surface area contributed by atoms with E-state index in [0.29, 0.717) is 38.2 Å². The van der Waals surface area contributed by atoms with Gasteiger partial charge >= 0.3 is 0 Å². The number of carbonyl (C=O) groups excluding carboxylic acids is 2. The topological polar surface area (TPSA) is 62.6 Å². The molecule has 7 heteroatoms. The largest absolute Gasteiger partial charge is 0.459 e. The van der Waals surface area contributed by atoms with Gasteiger partial charge in [-0.15, -0.1) is 11.3 Å². The maximum absolute atomic E-state index is 12.3. The zero-order chi connectivity index (χ0) is 17.5. The molecule has 1 N–H and O–H groups in total. The van der Waals surface area contributed by atoms with Crippen LogP contribution in [-0.4, -0.2) is 42.1 Å².